The van der Waals surface area contributed by atoms with Gasteiger partial charge in [0.25, 0.3) is 0 Å². The fourth-order valence-electron chi connectivity index (χ4n) is 2.61. The molecule has 10 heavy (non-hydrogen) atoms. The quantitative estimate of drug-likeness (QED) is 0.538. The molecule has 2 aliphatic rings. The van der Waals surface area contributed by atoms with E-state index in [1.165, 1.54) is 32.4 Å². The molecule has 2 fully saturated rings. The van der Waals surface area contributed by atoms with Crippen molar-refractivity contribution in [2.45, 2.75) is 26.2 Å². The first kappa shape index (κ1) is 6.66. The van der Waals surface area contributed by atoms with E-state index >= 15 is 0 Å². The van der Waals surface area contributed by atoms with Crippen LogP contribution in [-0.2, 0) is 0 Å². The van der Waals surface area contributed by atoms with Crippen molar-refractivity contribution in [1.82, 2.24) is 5.32 Å². The first-order chi connectivity index (χ1) is 4.88. The van der Waals surface area contributed by atoms with E-state index in [9.17, 15) is 0 Å². The largest absolute Gasteiger partial charge is 0.316 e. The highest BCUT2D eigenvalue weighted by molar-refractivity contribution is 4.86. The Hall–Kier alpha value is -0.0400. The fraction of sp³-hybridized carbons (Fsp3) is 1.00. The highest BCUT2D eigenvalue weighted by Gasteiger charge is 2.33. The van der Waals surface area contributed by atoms with E-state index in [2.05, 4.69) is 12.2 Å². The van der Waals surface area contributed by atoms with Crippen molar-refractivity contribution in [3.8, 4) is 0 Å². The Morgan fingerprint density at radius 1 is 1.10 bits per heavy atom. The molecule has 0 aromatic rings. The van der Waals surface area contributed by atoms with E-state index < -0.39 is 0 Å². The lowest BCUT2D eigenvalue weighted by Gasteiger charge is -2.14. The highest BCUT2D eigenvalue weighted by Crippen LogP contribution is 2.39. The second kappa shape index (κ2) is 2.54. The third kappa shape index (κ3) is 0.968. The zero-order chi connectivity index (χ0) is 6.97. The molecule has 0 aromatic heterocycles. The third-order valence-corrected chi connectivity index (χ3v) is 3.49. The van der Waals surface area contributed by atoms with Gasteiger partial charge in [0.1, 0.15) is 0 Å². The Bertz CT molecular complexity index is 108. The Balaban J connectivity index is 2.07. The van der Waals surface area contributed by atoms with E-state index in [1.54, 1.807) is 0 Å². The molecule has 2 rings (SSSR count). The molecule has 1 aliphatic heterocycles. The molecule has 0 spiro atoms. The van der Waals surface area contributed by atoms with E-state index in [-0.39, 0.29) is 0 Å². The van der Waals surface area contributed by atoms with Crippen LogP contribution in [0.2, 0.25) is 0 Å². The summed E-state index contributed by atoms with van der Waals surface area (Å²) in [5.74, 6) is 3.07. The van der Waals surface area contributed by atoms with Crippen LogP contribution in [0.15, 0.2) is 0 Å². The molecule has 3 unspecified atom stereocenters. The van der Waals surface area contributed by atoms with Gasteiger partial charge in [-0.1, -0.05) is 6.92 Å². The maximum absolute atomic E-state index is 3.51. The van der Waals surface area contributed by atoms with Gasteiger partial charge in [0, 0.05) is 0 Å². The molecular weight excluding hydrogens is 122 g/mol. The molecule has 1 aliphatic carbocycles. The lowest BCUT2D eigenvalue weighted by Crippen LogP contribution is -2.22. The van der Waals surface area contributed by atoms with Crippen LogP contribution < -0.4 is 5.32 Å². The molecule has 2 bridgehead atoms. The summed E-state index contributed by atoms with van der Waals surface area (Å²) < 4.78 is 0. The molecule has 3 atom stereocenters. The molecule has 1 heterocycles. The van der Waals surface area contributed by atoms with Gasteiger partial charge in [-0.2, -0.15) is 0 Å². The standard InChI is InChI=1S/C9H17N/c1-7-8-2-3-9(7)6-10-5-4-8/h7-10H,2-6H2,1H3. The van der Waals surface area contributed by atoms with E-state index in [1.807, 2.05) is 0 Å². The Kier molecular flexibility index (Phi) is 1.69. The number of fused-ring (bicyclic) bond motifs is 2. The lowest BCUT2D eigenvalue weighted by molar-refractivity contribution is 0.358. The van der Waals surface area contributed by atoms with Gasteiger partial charge in [0.05, 0.1) is 0 Å². The molecule has 0 radical (unpaired) electrons. The molecule has 0 amide bonds. The van der Waals surface area contributed by atoms with Crippen LogP contribution in [0.25, 0.3) is 0 Å². The van der Waals surface area contributed by atoms with Gasteiger partial charge < -0.3 is 5.32 Å². The van der Waals surface area contributed by atoms with Crippen molar-refractivity contribution in [3.05, 3.63) is 0 Å². The maximum atomic E-state index is 3.51. The van der Waals surface area contributed by atoms with Gasteiger partial charge in [-0.25, -0.2) is 0 Å². The summed E-state index contributed by atoms with van der Waals surface area (Å²) in [7, 11) is 0. The van der Waals surface area contributed by atoms with Crippen LogP contribution in [0.1, 0.15) is 26.2 Å². The molecular formula is C9H17N. The van der Waals surface area contributed by atoms with Gasteiger partial charge >= 0.3 is 0 Å². The SMILES string of the molecule is CC1C2CCNCC1CC2. The van der Waals surface area contributed by atoms with Crippen LogP contribution in [0.5, 0.6) is 0 Å². The van der Waals surface area contributed by atoms with Crippen LogP contribution >= 0.6 is 0 Å². The minimum absolute atomic E-state index is 1.01. The maximum Gasteiger partial charge on any atom is -0.00179 e. The predicted octanol–water partition coefficient (Wildman–Crippen LogP) is 1.64. The monoisotopic (exact) mass is 139 g/mol. The second-order valence-electron chi connectivity index (χ2n) is 3.95. The van der Waals surface area contributed by atoms with Crippen molar-refractivity contribution < 1.29 is 0 Å². The summed E-state index contributed by atoms with van der Waals surface area (Å²) in [5.41, 5.74) is 0. The summed E-state index contributed by atoms with van der Waals surface area (Å²) in [4.78, 5) is 0. The zero-order valence-electron chi connectivity index (χ0n) is 6.77. The first-order valence-corrected chi connectivity index (χ1v) is 4.58. The summed E-state index contributed by atoms with van der Waals surface area (Å²) in [5, 5.41) is 3.51. The van der Waals surface area contributed by atoms with Crippen LogP contribution in [0.4, 0.5) is 0 Å². The predicted molar refractivity (Wildman–Crippen MR) is 42.9 cm³/mol. The molecule has 1 nitrogen and oxygen atoms in total. The molecule has 1 saturated carbocycles. The third-order valence-electron chi connectivity index (χ3n) is 3.49. The summed E-state index contributed by atoms with van der Waals surface area (Å²) in [6.07, 6.45) is 4.42. The van der Waals surface area contributed by atoms with Gasteiger partial charge in [-0.05, 0) is 50.1 Å². The van der Waals surface area contributed by atoms with Crippen LogP contribution in [0, 0.1) is 17.8 Å². The van der Waals surface area contributed by atoms with Crippen LogP contribution in [0.3, 0.4) is 0 Å². The minimum atomic E-state index is 1.01. The molecule has 1 heteroatoms. The second-order valence-corrected chi connectivity index (χ2v) is 3.95. The minimum Gasteiger partial charge on any atom is -0.316 e. The molecule has 1 saturated heterocycles. The molecule has 58 valence electrons. The van der Waals surface area contributed by atoms with Crippen molar-refractivity contribution in [1.29, 1.82) is 0 Å². The highest BCUT2D eigenvalue weighted by atomic mass is 14.9. The van der Waals surface area contributed by atoms with Gasteiger partial charge in [0.2, 0.25) is 0 Å². The normalized spacial score (nSPS) is 47.1. The average molecular weight is 139 g/mol. The Morgan fingerprint density at radius 2 is 1.90 bits per heavy atom. The van der Waals surface area contributed by atoms with Gasteiger partial charge in [0.15, 0.2) is 0 Å². The topological polar surface area (TPSA) is 12.0 Å². The zero-order valence-corrected chi connectivity index (χ0v) is 6.77. The molecule has 1 N–H and O–H groups in total. The Morgan fingerprint density at radius 3 is 2.80 bits per heavy atom. The fourth-order valence-corrected chi connectivity index (χ4v) is 2.61. The molecule has 0 aromatic carbocycles. The van der Waals surface area contributed by atoms with Crippen LogP contribution in [-0.4, -0.2) is 13.1 Å². The summed E-state index contributed by atoms with van der Waals surface area (Å²) in [6, 6.07) is 0. The van der Waals surface area contributed by atoms with E-state index in [4.69, 9.17) is 0 Å². The van der Waals surface area contributed by atoms with E-state index in [0.717, 1.165) is 17.8 Å². The average Bonchev–Trinajstić information content (AvgIpc) is 2.06. The van der Waals surface area contributed by atoms with E-state index in [0.29, 0.717) is 0 Å². The smallest absolute Gasteiger partial charge is 0.00179 e. The lowest BCUT2D eigenvalue weighted by atomic mass is 9.91. The number of hydrogen-bond acceptors (Lipinski definition) is 1. The van der Waals surface area contributed by atoms with Gasteiger partial charge in [-0.15, -0.1) is 0 Å². The number of hydrogen-bond donors (Lipinski definition) is 1. The number of nitrogens with one attached hydrogen (secondary N) is 1. The van der Waals surface area contributed by atoms with Crippen molar-refractivity contribution in [2.24, 2.45) is 17.8 Å². The first-order valence-electron chi connectivity index (χ1n) is 4.58. The summed E-state index contributed by atoms with van der Waals surface area (Å²) in [6.45, 7) is 5.00. The van der Waals surface area contributed by atoms with Crippen molar-refractivity contribution in [3.63, 3.8) is 0 Å². The van der Waals surface area contributed by atoms with Gasteiger partial charge in [-0.3, -0.25) is 0 Å². The van der Waals surface area contributed by atoms with Crippen molar-refractivity contribution >= 4 is 0 Å². The number of rotatable bonds is 0. The van der Waals surface area contributed by atoms with Crippen molar-refractivity contribution in [2.75, 3.05) is 13.1 Å². The summed E-state index contributed by atoms with van der Waals surface area (Å²) >= 11 is 0. The Labute approximate surface area is 63.2 Å².